The number of rotatable bonds is 5. The van der Waals surface area contributed by atoms with Crippen molar-refractivity contribution in [2.45, 2.75) is 31.7 Å². The van der Waals surface area contributed by atoms with Gasteiger partial charge in [-0.3, -0.25) is 9.48 Å². The average Bonchev–Trinajstić information content (AvgIpc) is 3.21. The first-order valence-corrected chi connectivity index (χ1v) is 8.84. The topological polar surface area (TPSA) is 53.4 Å². The Kier molecular flexibility index (Phi) is 5.33. The smallest absolute Gasteiger partial charge is 0.244 e. The highest BCUT2D eigenvalue weighted by Crippen LogP contribution is 2.23. The van der Waals surface area contributed by atoms with Crippen molar-refractivity contribution in [3.8, 4) is 0 Å². The Labute approximate surface area is 138 Å². The molecule has 1 unspecified atom stereocenters. The first-order chi connectivity index (χ1) is 11.2. The molecule has 0 aliphatic carbocycles. The van der Waals surface area contributed by atoms with Gasteiger partial charge in [0.1, 0.15) is 6.04 Å². The van der Waals surface area contributed by atoms with Gasteiger partial charge in [-0.1, -0.05) is 0 Å². The molecule has 2 aliphatic heterocycles. The molecule has 2 saturated heterocycles. The second-order valence-electron chi connectivity index (χ2n) is 6.95. The SMILES string of the molecule is CNC(C(=O)N1CCC(CN2CCCC2)CC1)c1cnn(C)c1. The van der Waals surface area contributed by atoms with Crippen LogP contribution in [0.15, 0.2) is 12.4 Å². The number of nitrogens with zero attached hydrogens (tertiary/aromatic N) is 4. The van der Waals surface area contributed by atoms with Crippen LogP contribution in [0.4, 0.5) is 0 Å². The van der Waals surface area contributed by atoms with Crippen LogP contribution in [0.2, 0.25) is 0 Å². The van der Waals surface area contributed by atoms with Crippen molar-refractivity contribution in [3.63, 3.8) is 0 Å². The molecule has 0 radical (unpaired) electrons. The zero-order valence-corrected chi connectivity index (χ0v) is 14.4. The molecule has 3 rings (SSSR count). The monoisotopic (exact) mass is 319 g/mol. The van der Waals surface area contributed by atoms with Gasteiger partial charge in [-0.15, -0.1) is 0 Å². The maximum atomic E-state index is 12.8. The Morgan fingerprint density at radius 3 is 2.57 bits per heavy atom. The van der Waals surface area contributed by atoms with Gasteiger partial charge in [-0.25, -0.2) is 0 Å². The number of likely N-dealkylation sites (N-methyl/N-ethyl adjacent to an activating group) is 1. The third-order valence-electron chi connectivity index (χ3n) is 5.24. The number of aromatic nitrogens is 2. The van der Waals surface area contributed by atoms with Crippen molar-refractivity contribution in [1.82, 2.24) is 24.9 Å². The van der Waals surface area contributed by atoms with Gasteiger partial charge >= 0.3 is 0 Å². The van der Waals surface area contributed by atoms with Crippen molar-refractivity contribution in [1.29, 1.82) is 0 Å². The van der Waals surface area contributed by atoms with E-state index in [0.29, 0.717) is 0 Å². The Morgan fingerprint density at radius 2 is 2.00 bits per heavy atom. The molecule has 6 nitrogen and oxygen atoms in total. The molecule has 0 saturated carbocycles. The standard InChI is InChI=1S/C17H29N5O/c1-18-16(15-11-19-20(2)13-15)17(23)22-9-5-14(6-10-22)12-21-7-3-4-8-21/h11,13-14,16,18H,3-10,12H2,1-2H3. The number of aryl methyl sites for hydroxylation is 1. The summed E-state index contributed by atoms with van der Waals surface area (Å²) in [6.07, 6.45) is 8.66. The zero-order chi connectivity index (χ0) is 16.2. The largest absolute Gasteiger partial charge is 0.341 e. The van der Waals surface area contributed by atoms with Crippen LogP contribution in [0.3, 0.4) is 0 Å². The van der Waals surface area contributed by atoms with Crippen LogP contribution in [0.5, 0.6) is 0 Å². The first kappa shape index (κ1) is 16.5. The molecule has 1 amide bonds. The van der Waals surface area contributed by atoms with Crippen LogP contribution >= 0.6 is 0 Å². The molecule has 0 bridgehead atoms. The molecule has 2 aliphatic rings. The molecule has 1 aromatic rings. The van der Waals surface area contributed by atoms with E-state index in [-0.39, 0.29) is 11.9 Å². The van der Waals surface area contributed by atoms with E-state index >= 15 is 0 Å². The van der Waals surface area contributed by atoms with E-state index in [9.17, 15) is 4.79 Å². The molecule has 128 valence electrons. The Bertz CT molecular complexity index is 515. The van der Waals surface area contributed by atoms with Crippen LogP contribution in [0.1, 0.15) is 37.3 Å². The highest BCUT2D eigenvalue weighted by molar-refractivity contribution is 5.83. The lowest BCUT2D eigenvalue weighted by atomic mass is 9.95. The van der Waals surface area contributed by atoms with E-state index in [1.807, 2.05) is 25.2 Å². The minimum absolute atomic E-state index is 0.181. The quantitative estimate of drug-likeness (QED) is 0.880. The summed E-state index contributed by atoms with van der Waals surface area (Å²) >= 11 is 0. The van der Waals surface area contributed by atoms with E-state index in [0.717, 1.165) is 37.4 Å². The Balaban J connectivity index is 1.52. The van der Waals surface area contributed by atoms with Crippen molar-refractivity contribution in [2.75, 3.05) is 39.8 Å². The Hall–Kier alpha value is -1.40. The van der Waals surface area contributed by atoms with Crippen LogP contribution in [0, 0.1) is 5.92 Å². The van der Waals surface area contributed by atoms with Gasteiger partial charge in [0, 0.05) is 38.4 Å². The predicted molar refractivity (Wildman–Crippen MR) is 90.0 cm³/mol. The third-order valence-corrected chi connectivity index (χ3v) is 5.24. The predicted octanol–water partition coefficient (Wildman–Crippen LogP) is 1.02. The van der Waals surface area contributed by atoms with E-state index in [4.69, 9.17) is 0 Å². The average molecular weight is 319 g/mol. The van der Waals surface area contributed by atoms with Crippen LogP contribution in [0.25, 0.3) is 0 Å². The number of carbonyl (C=O) groups is 1. The molecule has 3 heterocycles. The summed E-state index contributed by atoms with van der Waals surface area (Å²) in [6.45, 7) is 5.52. The van der Waals surface area contributed by atoms with Crippen molar-refractivity contribution in [2.24, 2.45) is 13.0 Å². The summed E-state index contributed by atoms with van der Waals surface area (Å²) in [5.41, 5.74) is 0.944. The number of carbonyl (C=O) groups excluding carboxylic acids is 1. The first-order valence-electron chi connectivity index (χ1n) is 8.84. The highest BCUT2D eigenvalue weighted by atomic mass is 16.2. The highest BCUT2D eigenvalue weighted by Gasteiger charge is 2.30. The molecular weight excluding hydrogens is 290 g/mol. The fraction of sp³-hybridized carbons (Fsp3) is 0.765. The van der Waals surface area contributed by atoms with Gasteiger partial charge in [-0.05, 0) is 51.7 Å². The molecule has 1 N–H and O–H groups in total. The number of amides is 1. The molecule has 0 spiro atoms. The fourth-order valence-corrected chi connectivity index (χ4v) is 3.87. The van der Waals surface area contributed by atoms with E-state index in [2.05, 4.69) is 15.3 Å². The number of nitrogens with one attached hydrogen (secondary N) is 1. The molecule has 0 aromatic carbocycles. The molecule has 6 heteroatoms. The second kappa shape index (κ2) is 7.45. The van der Waals surface area contributed by atoms with Gasteiger partial charge in [0.15, 0.2) is 0 Å². The minimum Gasteiger partial charge on any atom is -0.341 e. The normalized spacial score (nSPS) is 21.7. The lowest BCUT2D eigenvalue weighted by molar-refractivity contribution is -0.135. The van der Waals surface area contributed by atoms with Gasteiger partial charge in [0.2, 0.25) is 5.91 Å². The van der Waals surface area contributed by atoms with Gasteiger partial charge < -0.3 is 15.1 Å². The maximum absolute atomic E-state index is 12.8. The zero-order valence-electron chi connectivity index (χ0n) is 14.4. The van der Waals surface area contributed by atoms with E-state index < -0.39 is 0 Å². The van der Waals surface area contributed by atoms with Crippen molar-refractivity contribution in [3.05, 3.63) is 18.0 Å². The third kappa shape index (κ3) is 3.93. The summed E-state index contributed by atoms with van der Waals surface area (Å²) < 4.78 is 1.75. The van der Waals surface area contributed by atoms with Crippen LogP contribution in [-0.4, -0.2) is 65.3 Å². The molecule has 2 fully saturated rings. The van der Waals surface area contributed by atoms with Crippen molar-refractivity contribution >= 4 is 5.91 Å². The summed E-state index contributed by atoms with van der Waals surface area (Å²) in [5, 5.41) is 7.33. The molecule has 23 heavy (non-hydrogen) atoms. The minimum atomic E-state index is -0.279. The number of hydrogen-bond donors (Lipinski definition) is 1. The van der Waals surface area contributed by atoms with Crippen LogP contribution in [-0.2, 0) is 11.8 Å². The fourth-order valence-electron chi connectivity index (χ4n) is 3.87. The summed E-state index contributed by atoms with van der Waals surface area (Å²) in [5.74, 6) is 0.934. The molecule has 1 atom stereocenters. The maximum Gasteiger partial charge on any atom is 0.244 e. The van der Waals surface area contributed by atoms with Gasteiger partial charge in [0.25, 0.3) is 0 Å². The molecule has 1 aromatic heterocycles. The lowest BCUT2D eigenvalue weighted by Gasteiger charge is -2.35. The van der Waals surface area contributed by atoms with Gasteiger partial charge in [0.05, 0.1) is 6.20 Å². The number of hydrogen-bond acceptors (Lipinski definition) is 4. The van der Waals surface area contributed by atoms with E-state index in [1.165, 1.54) is 32.5 Å². The number of piperidine rings is 1. The summed E-state index contributed by atoms with van der Waals surface area (Å²) in [7, 11) is 3.72. The summed E-state index contributed by atoms with van der Waals surface area (Å²) in [6, 6.07) is -0.279. The Morgan fingerprint density at radius 1 is 1.30 bits per heavy atom. The summed E-state index contributed by atoms with van der Waals surface area (Å²) in [4.78, 5) is 17.4. The molecular formula is C17H29N5O. The number of likely N-dealkylation sites (tertiary alicyclic amines) is 2. The van der Waals surface area contributed by atoms with Gasteiger partial charge in [-0.2, -0.15) is 5.10 Å². The lowest BCUT2D eigenvalue weighted by Crippen LogP contribution is -2.45. The second-order valence-corrected chi connectivity index (χ2v) is 6.95. The van der Waals surface area contributed by atoms with Crippen molar-refractivity contribution < 1.29 is 4.79 Å². The van der Waals surface area contributed by atoms with Crippen LogP contribution < -0.4 is 5.32 Å². The van der Waals surface area contributed by atoms with E-state index in [1.54, 1.807) is 10.9 Å².